The molecular weight excluding hydrogens is 359 g/mol. The summed E-state index contributed by atoms with van der Waals surface area (Å²) in [4.78, 5) is 29.7. The zero-order chi connectivity index (χ0) is 17.6. The minimum absolute atomic E-state index is 0.0266. The van der Waals surface area contributed by atoms with Gasteiger partial charge in [0.1, 0.15) is 5.82 Å². The summed E-state index contributed by atoms with van der Waals surface area (Å²) in [5.74, 6) is -0.521. The van der Waals surface area contributed by atoms with Crippen LogP contribution in [0.1, 0.15) is 33.0 Å². The van der Waals surface area contributed by atoms with Crippen molar-refractivity contribution in [3.63, 3.8) is 0 Å². The topological polar surface area (TPSA) is 59.1 Å². The molecule has 3 aromatic rings. The number of hydrogen-bond acceptors (Lipinski definition) is 5. The number of nitrogens with zero attached hydrogens (tertiary/aromatic N) is 1. The van der Waals surface area contributed by atoms with Gasteiger partial charge in [-0.15, -0.1) is 22.7 Å². The Labute approximate surface area is 152 Å². The third-order valence-corrected chi connectivity index (χ3v) is 5.29. The van der Waals surface area contributed by atoms with E-state index in [2.05, 4.69) is 10.3 Å². The Bertz CT molecular complexity index is 858. The van der Waals surface area contributed by atoms with Gasteiger partial charge in [0.2, 0.25) is 5.91 Å². The molecule has 0 radical (unpaired) electrons. The molecule has 0 aliphatic heterocycles. The molecule has 0 unspecified atom stereocenters. The first-order valence-electron chi connectivity index (χ1n) is 7.66. The van der Waals surface area contributed by atoms with Crippen molar-refractivity contribution >= 4 is 39.5 Å². The highest BCUT2D eigenvalue weighted by atomic mass is 32.1. The van der Waals surface area contributed by atoms with E-state index in [9.17, 15) is 14.0 Å². The number of halogens is 1. The fourth-order valence-corrected chi connectivity index (χ4v) is 3.78. The fraction of sp³-hybridized carbons (Fsp3) is 0.167. The minimum Gasteiger partial charge on any atom is -0.302 e. The average Bonchev–Trinajstić information content (AvgIpc) is 3.27. The lowest BCUT2D eigenvalue weighted by molar-refractivity contribution is -0.116. The molecule has 0 spiro atoms. The Morgan fingerprint density at radius 1 is 1.12 bits per heavy atom. The second kappa shape index (κ2) is 8.13. The molecule has 2 aromatic heterocycles. The van der Waals surface area contributed by atoms with Crippen LogP contribution in [0.15, 0.2) is 48.0 Å². The summed E-state index contributed by atoms with van der Waals surface area (Å²) < 4.78 is 12.9. The lowest BCUT2D eigenvalue weighted by atomic mass is 10.1. The van der Waals surface area contributed by atoms with Gasteiger partial charge in [0.15, 0.2) is 10.9 Å². The summed E-state index contributed by atoms with van der Waals surface area (Å²) >= 11 is 2.75. The van der Waals surface area contributed by atoms with E-state index in [1.807, 2.05) is 11.4 Å². The third-order valence-electron chi connectivity index (χ3n) is 3.47. The van der Waals surface area contributed by atoms with Crippen LogP contribution in [0.2, 0.25) is 0 Å². The highest BCUT2D eigenvalue weighted by Gasteiger charge is 2.12. The van der Waals surface area contributed by atoms with Gasteiger partial charge in [-0.3, -0.25) is 9.59 Å². The van der Waals surface area contributed by atoms with Crippen molar-refractivity contribution in [3.05, 3.63) is 69.1 Å². The minimum atomic E-state index is -0.266. The molecule has 1 aromatic carbocycles. The summed E-state index contributed by atoms with van der Waals surface area (Å²) in [7, 11) is 0. The van der Waals surface area contributed by atoms with E-state index in [0.29, 0.717) is 16.4 Å². The van der Waals surface area contributed by atoms with Crippen LogP contribution in [0.5, 0.6) is 0 Å². The van der Waals surface area contributed by atoms with Crippen molar-refractivity contribution in [2.45, 2.75) is 19.3 Å². The molecule has 3 rings (SSSR count). The largest absolute Gasteiger partial charge is 0.302 e. The summed E-state index contributed by atoms with van der Waals surface area (Å²) in [6, 6.07) is 9.87. The van der Waals surface area contributed by atoms with E-state index in [1.54, 1.807) is 24.4 Å². The monoisotopic (exact) mass is 374 g/mol. The number of nitrogens with one attached hydrogen (secondary N) is 1. The number of Topliss-reactive ketones (excluding diaryl/α,β-unsaturated/α-hetero) is 1. The van der Waals surface area contributed by atoms with Crippen molar-refractivity contribution in [1.82, 2.24) is 4.98 Å². The van der Waals surface area contributed by atoms with Gasteiger partial charge in [0.05, 0.1) is 4.88 Å². The Balaban J connectivity index is 1.49. The molecule has 25 heavy (non-hydrogen) atoms. The Morgan fingerprint density at radius 2 is 1.92 bits per heavy atom. The number of rotatable bonds is 7. The maximum atomic E-state index is 12.9. The van der Waals surface area contributed by atoms with Crippen LogP contribution < -0.4 is 5.32 Å². The number of thiazole rings is 1. The average molecular weight is 374 g/mol. The smallest absolute Gasteiger partial charge is 0.226 e. The Morgan fingerprint density at radius 3 is 2.64 bits per heavy atom. The zero-order valence-corrected chi connectivity index (χ0v) is 14.8. The van der Waals surface area contributed by atoms with E-state index < -0.39 is 0 Å². The molecule has 7 heteroatoms. The zero-order valence-electron chi connectivity index (χ0n) is 13.2. The number of carbonyl (C=O) groups is 2. The van der Waals surface area contributed by atoms with Gasteiger partial charge < -0.3 is 5.32 Å². The van der Waals surface area contributed by atoms with Crippen LogP contribution >= 0.6 is 22.7 Å². The summed E-state index contributed by atoms with van der Waals surface area (Å²) in [6.07, 6.45) is 2.63. The lowest BCUT2D eigenvalue weighted by Crippen LogP contribution is -2.12. The molecule has 0 saturated carbocycles. The first kappa shape index (κ1) is 17.4. The number of ketones is 1. The predicted molar refractivity (Wildman–Crippen MR) is 97.8 cm³/mol. The second-order valence-electron chi connectivity index (χ2n) is 5.38. The van der Waals surface area contributed by atoms with E-state index >= 15 is 0 Å². The molecule has 2 heterocycles. The van der Waals surface area contributed by atoms with Crippen LogP contribution in [0.3, 0.4) is 0 Å². The van der Waals surface area contributed by atoms with Gasteiger partial charge in [0, 0.05) is 30.3 Å². The normalized spacial score (nSPS) is 10.6. The quantitative estimate of drug-likeness (QED) is 0.618. The van der Waals surface area contributed by atoms with Crippen LogP contribution in [-0.4, -0.2) is 16.7 Å². The van der Waals surface area contributed by atoms with Crippen molar-refractivity contribution in [3.8, 4) is 0 Å². The summed E-state index contributed by atoms with van der Waals surface area (Å²) in [5.41, 5.74) is 0.976. The molecule has 1 N–H and O–H groups in total. The Hall–Kier alpha value is -2.38. The molecular formula is C18H15FN2O2S2. The highest BCUT2D eigenvalue weighted by Crippen LogP contribution is 2.22. The predicted octanol–water partition coefficient (Wildman–Crippen LogP) is 4.54. The van der Waals surface area contributed by atoms with Gasteiger partial charge in [-0.25, -0.2) is 9.37 Å². The number of thiophene rings is 1. The molecule has 128 valence electrons. The van der Waals surface area contributed by atoms with E-state index in [4.69, 9.17) is 0 Å². The molecule has 4 nitrogen and oxygen atoms in total. The Kier molecular flexibility index (Phi) is 5.67. The molecule has 1 amide bonds. The maximum Gasteiger partial charge on any atom is 0.226 e. The molecule has 0 atom stereocenters. The number of aromatic nitrogens is 1. The van der Waals surface area contributed by atoms with Crippen LogP contribution in [-0.2, 0) is 11.2 Å². The highest BCUT2D eigenvalue weighted by molar-refractivity contribution is 7.15. The first-order valence-corrected chi connectivity index (χ1v) is 9.35. The number of benzene rings is 1. The number of carbonyl (C=O) groups excluding carboxylic acids is 2. The first-order chi connectivity index (χ1) is 12.1. The van der Waals surface area contributed by atoms with Gasteiger partial charge in [0.25, 0.3) is 0 Å². The van der Waals surface area contributed by atoms with Gasteiger partial charge >= 0.3 is 0 Å². The molecule has 0 bridgehead atoms. The van der Waals surface area contributed by atoms with Gasteiger partial charge in [-0.1, -0.05) is 18.2 Å². The van der Waals surface area contributed by atoms with Crippen LogP contribution in [0, 0.1) is 5.82 Å². The summed E-state index contributed by atoms with van der Waals surface area (Å²) in [6.45, 7) is 0. The van der Waals surface area contributed by atoms with E-state index in [0.717, 1.165) is 10.4 Å². The van der Waals surface area contributed by atoms with Gasteiger partial charge in [-0.2, -0.15) is 0 Å². The number of anilines is 1. The molecule has 0 fully saturated rings. The van der Waals surface area contributed by atoms with Crippen molar-refractivity contribution in [2.24, 2.45) is 0 Å². The van der Waals surface area contributed by atoms with Gasteiger partial charge in [-0.05, 0) is 29.1 Å². The van der Waals surface area contributed by atoms with E-state index in [-0.39, 0.29) is 30.3 Å². The van der Waals surface area contributed by atoms with Crippen molar-refractivity contribution < 1.29 is 14.0 Å². The number of amides is 1. The standard InChI is InChI=1S/C18H15FN2O2S2/c19-13-5-3-12(4-6-13)10-14-11-20-18(25-14)21-17(23)8-7-15(22)16-2-1-9-24-16/h1-6,9,11H,7-8,10H2,(H,20,21,23). The molecule has 0 aliphatic carbocycles. The number of hydrogen-bond donors (Lipinski definition) is 1. The van der Waals surface area contributed by atoms with Crippen LogP contribution in [0.4, 0.5) is 9.52 Å². The SMILES string of the molecule is O=C(CCC(=O)c1cccs1)Nc1ncc(Cc2ccc(F)cc2)s1. The molecule has 0 aliphatic rings. The third kappa shape index (κ3) is 5.04. The lowest BCUT2D eigenvalue weighted by Gasteiger charge is -2.01. The van der Waals surface area contributed by atoms with E-state index in [1.165, 1.54) is 34.8 Å². The maximum absolute atomic E-state index is 12.9. The van der Waals surface area contributed by atoms with Crippen molar-refractivity contribution in [1.29, 1.82) is 0 Å². The van der Waals surface area contributed by atoms with Crippen LogP contribution in [0.25, 0.3) is 0 Å². The molecule has 0 saturated heterocycles. The fourth-order valence-electron chi connectivity index (χ4n) is 2.22. The summed E-state index contributed by atoms with van der Waals surface area (Å²) in [5, 5.41) is 5.06. The van der Waals surface area contributed by atoms with Crippen molar-refractivity contribution in [2.75, 3.05) is 5.32 Å². The second-order valence-corrected chi connectivity index (χ2v) is 7.45.